The zero-order valence-electron chi connectivity index (χ0n) is 15.0. The van der Waals surface area contributed by atoms with Gasteiger partial charge in [0.2, 0.25) is 0 Å². The van der Waals surface area contributed by atoms with Gasteiger partial charge >= 0.3 is 8.80 Å². The van der Waals surface area contributed by atoms with Crippen molar-refractivity contribution >= 4 is 17.0 Å². The summed E-state index contributed by atoms with van der Waals surface area (Å²) in [6, 6.07) is 0. The zero-order valence-corrected chi connectivity index (χ0v) is 17.0. The first kappa shape index (κ1) is 20.3. The van der Waals surface area contributed by atoms with E-state index in [2.05, 4.69) is 45.4 Å². The number of nitrogens with zero attached hydrogens (tertiary/aromatic N) is 1. The Balaban J connectivity index is 5.25. The Labute approximate surface area is 128 Å². The average molecular weight is 322 g/mol. The number of unbranched alkanes of at least 4 members (excludes halogenated alkanes) is 1. The molecule has 0 saturated heterocycles. The first-order chi connectivity index (χ1) is 9.10. The Morgan fingerprint density at radius 3 is 1.70 bits per heavy atom. The normalized spacial score (nSPS) is 14.1. The molecule has 0 N–H and O–H groups in total. The number of hydrogen-bond acceptors (Lipinski definition) is 4. The Bertz CT molecular complexity index is 268. The topological polar surface area (TPSA) is 30.9 Å². The van der Waals surface area contributed by atoms with Gasteiger partial charge in [0.05, 0.1) is 6.17 Å². The molecular formula is C14H35NO3Si2. The minimum atomic E-state index is -2.56. The van der Waals surface area contributed by atoms with E-state index in [0.717, 1.165) is 12.7 Å². The van der Waals surface area contributed by atoms with Gasteiger partial charge in [0.15, 0.2) is 0 Å². The first-order valence-corrected chi connectivity index (χ1v) is 12.4. The monoisotopic (exact) mass is 321 g/mol. The maximum Gasteiger partial charge on any atom is 0.514 e. The van der Waals surface area contributed by atoms with E-state index < -0.39 is 17.0 Å². The molecule has 0 aromatic carbocycles. The van der Waals surface area contributed by atoms with Gasteiger partial charge in [0.25, 0.3) is 0 Å². The van der Waals surface area contributed by atoms with Gasteiger partial charge in [0.1, 0.15) is 8.24 Å². The summed E-state index contributed by atoms with van der Waals surface area (Å²) < 4.78 is 19.5. The van der Waals surface area contributed by atoms with E-state index in [1.54, 1.807) is 21.3 Å². The molecule has 0 aliphatic heterocycles. The van der Waals surface area contributed by atoms with Crippen LogP contribution in [0.1, 0.15) is 40.5 Å². The van der Waals surface area contributed by atoms with E-state index >= 15 is 0 Å². The lowest BCUT2D eigenvalue weighted by molar-refractivity contribution is 0.112. The zero-order chi connectivity index (χ0) is 16.0. The van der Waals surface area contributed by atoms with Crippen molar-refractivity contribution in [3.05, 3.63) is 0 Å². The van der Waals surface area contributed by atoms with Crippen molar-refractivity contribution in [3.63, 3.8) is 0 Å². The van der Waals surface area contributed by atoms with E-state index in [-0.39, 0.29) is 0 Å². The van der Waals surface area contributed by atoms with Gasteiger partial charge in [-0.15, -0.1) is 0 Å². The van der Waals surface area contributed by atoms with Crippen LogP contribution in [0.4, 0.5) is 0 Å². The Hall–Kier alpha value is 0.274. The first-order valence-electron chi connectivity index (χ1n) is 7.50. The van der Waals surface area contributed by atoms with Crippen molar-refractivity contribution in [2.24, 2.45) is 0 Å². The van der Waals surface area contributed by atoms with Crippen LogP contribution in [0.15, 0.2) is 0 Å². The minimum Gasteiger partial charge on any atom is -0.376 e. The van der Waals surface area contributed by atoms with Crippen molar-refractivity contribution in [1.82, 2.24) is 4.57 Å². The fraction of sp³-hybridized carbons (Fsp3) is 1.00. The van der Waals surface area contributed by atoms with E-state index in [9.17, 15) is 0 Å². The van der Waals surface area contributed by atoms with Gasteiger partial charge in [-0.2, -0.15) is 0 Å². The van der Waals surface area contributed by atoms with Gasteiger partial charge in [-0.05, 0) is 18.0 Å². The molecule has 0 aromatic rings. The molecule has 0 heterocycles. The fourth-order valence-corrected chi connectivity index (χ4v) is 7.40. The van der Waals surface area contributed by atoms with E-state index in [0.29, 0.717) is 5.04 Å². The SMILES string of the molecule is CCCCN(C[Si](OC)(OC)OC)[Si](C)(C)C(C)(C)C. The molecule has 0 atom stereocenters. The number of hydrogen-bond donors (Lipinski definition) is 0. The highest BCUT2D eigenvalue weighted by Crippen LogP contribution is 2.38. The molecule has 0 amide bonds. The molecule has 0 aliphatic rings. The molecule has 0 radical (unpaired) electrons. The Morgan fingerprint density at radius 1 is 0.950 bits per heavy atom. The van der Waals surface area contributed by atoms with Crippen molar-refractivity contribution in [1.29, 1.82) is 0 Å². The molecule has 0 fully saturated rings. The number of rotatable bonds is 9. The van der Waals surface area contributed by atoms with Crippen LogP contribution >= 0.6 is 0 Å². The van der Waals surface area contributed by atoms with Crippen molar-refractivity contribution < 1.29 is 13.3 Å². The van der Waals surface area contributed by atoms with E-state index in [4.69, 9.17) is 13.3 Å². The highest BCUT2D eigenvalue weighted by molar-refractivity contribution is 6.78. The third-order valence-electron chi connectivity index (χ3n) is 4.73. The van der Waals surface area contributed by atoms with Gasteiger partial charge < -0.3 is 17.8 Å². The van der Waals surface area contributed by atoms with E-state index in [1.165, 1.54) is 12.8 Å². The maximum atomic E-state index is 5.63. The molecule has 20 heavy (non-hydrogen) atoms. The molecule has 0 spiro atoms. The second-order valence-electron chi connectivity index (χ2n) is 6.88. The van der Waals surface area contributed by atoms with Gasteiger partial charge in [0, 0.05) is 21.3 Å². The molecule has 0 unspecified atom stereocenters. The Morgan fingerprint density at radius 2 is 1.40 bits per heavy atom. The summed E-state index contributed by atoms with van der Waals surface area (Å²) in [6.07, 6.45) is 3.19. The molecular weight excluding hydrogens is 286 g/mol. The third-order valence-corrected chi connectivity index (χ3v) is 13.3. The quantitative estimate of drug-likeness (QED) is 0.608. The lowest BCUT2D eigenvalue weighted by Gasteiger charge is -2.47. The molecule has 0 bridgehead atoms. The van der Waals surface area contributed by atoms with Crippen LogP contribution in [-0.4, -0.2) is 55.6 Å². The highest BCUT2D eigenvalue weighted by Gasteiger charge is 2.48. The molecule has 0 rings (SSSR count). The van der Waals surface area contributed by atoms with Crippen LogP contribution in [0.25, 0.3) is 0 Å². The fourth-order valence-electron chi connectivity index (χ4n) is 2.06. The Kier molecular flexibility index (Phi) is 8.16. The molecule has 6 heteroatoms. The second kappa shape index (κ2) is 8.05. The summed E-state index contributed by atoms with van der Waals surface area (Å²) >= 11 is 0. The summed E-state index contributed by atoms with van der Waals surface area (Å²) in [5, 5.41) is 0.302. The predicted octanol–water partition coefficient (Wildman–Crippen LogP) is 3.51. The van der Waals surface area contributed by atoms with Crippen LogP contribution in [0.2, 0.25) is 18.1 Å². The smallest absolute Gasteiger partial charge is 0.376 e. The average Bonchev–Trinajstić information content (AvgIpc) is 2.38. The van der Waals surface area contributed by atoms with Gasteiger partial charge in [-0.1, -0.05) is 47.2 Å². The summed E-state index contributed by atoms with van der Waals surface area (Å²) in [7, 11) is 0.931. The minimum absolute atomic E-state index is 0.302. The molecule has 0 aliphatic carbocycles. The molecule has 0 aromatic heterocycles. The summed E-state index contributed by atoms with van der Waals surface area (Å²) in [5.41, 5.74) is 0. The van der Waals surface area contributed by atoms with Gasteiger partial charge in [-0.3, -0.25) is 0 Å². The van der Waals surface area contributed by atoms with Crippen molar-refractivity contribution in [3.8, 4) is 0 Å². The van der Waals surface area contributed by atoms with Crippen LogP contribution in [0.3, 0.4) is 0 Å². The summed E-state index contributed by atoms with van der Waals surface area (Å²) in [4.78, 5) is 0. The van der Waals surface area contributed by atoms with E-state index in [1.807, 2.05) is 0 Å². The van der Waals surface area contributed by atoms with Crippen molar-refractivity contribution in [2.75, 3.05) is 34.0 Å². The molecule has 4 nitrogen and oxygen atoms in total. The summed E-state index contributed by atoms with van der Waals surface area (Å²) in [6.45, 7) is 15.2. The van der Waals surface area contributed by atoms with Crippen LogP contribution in [-0.2, 0) is 13.3 Å². The highest BCUT2D eigenvalue weighted by atomic mass is 28.4. The predicted molar refractivity (Wildman–Crippen MR) is 90.5 cm³/mol. The lowest BCUT2D eigenvalue weighted by atomic mass is 10.2. The molecule has 0 saturated carbocycles. The van der Waals surface area contributed by atoms with Gasteiger partial charge in [-0.25, -0.2) is 0 Å². The third kappa shape index (κ3) is 4.92. The standard InChI is InChI=1S/C14H35NO3Si2/c1-10-11-12-15(19(8,9)14(2,3)4)13-20(16-5,17-6)18-7/h10-13H2,1-9H3. The lowest BCUT2D eigenvalue weighted by Crippen LogP contribution is -2.63. The van der Waals surface area contributed by atoms with Crippen molar-refractivity contribution in [2.45, 2.75) is 58.7 Å². The summed E-state index contributed by atoms with van der Waals surface area (Å²) in [5.74, 6) is 0. The maximum absolute atomic E-state index is 5.63. The van der Waals surface area contributed by atoms with Crippen LogP contribution in [0, 0.1) is 0 Å². The second-order valence-corrected chi connectivity index (χ2v) is 15.0. The molecule has 122 valence electrons. The van der Waals surface area contributed by atoms with Crippen LogP contribution < -0.4 is 0 Å². The largest absolute Gasteiger partial charge is 0.514 e. The van der Waals surface area contributed by atoms with Crippen LogP contribution in [0.5, 0.6) is 0 Å².